The van der Waals surface area contributed by atoms with Crippen LogP contribution in [0.15, 0.2) is 18.3 Å². The maximum atomic E-state index is 12.2. The number of aromatic nitrogens is 1. The van der Waals surface area contributed by atoms with E-state index in [2.05, 4.69) is 4.98 Å². The molecule has 0 aromatic carbocycles. The Morgan fingerprint density at radius 2 is 2.00 bits per heavy atom. The third-order valence-electron chi connectivity index (χ3n) is 2.58. The fourth-order valence-corrected chi connectivity index (χ4v) is 1.39. The van der Waals surface area contributed by atoms with Gasteiger partial charge in [-0.1, -0.05) is 0 Å². The number of alkyl halides is 3. The Bertz CT molecular complexity index is 352. The van der Waals surface area contributed by atoms with Crippen molar-refractivity contribution in [2.75, 3.05) is 0 Å². The number of nitrogens with two attached hydrogens (primary N) is 1. The molecule has 1 aliphatic carbocycles. The molecule has 0 unspecified atom stereocenters. The van der Waals surface area contributed by atoms with Crippen molar-refractivity contribution in [3.8, 4) is 0 Å². The van der Waals surface area contributed by atoms with Crippen LogP contribution in [0.1, 0.15) is 24.1 Å². The first-order valence-corrected chi connectivity index (χ1v) is 4.70. The quantitative estimate of drug-likeness (QED) is 0.822. The summed E-state index contributed by atoms with van der Waals surface area (Å²) in [5.41, 5.74) is 5.54. The van der Waals surface area contributed by atoms with Crippen LogP contribution in [-0.2, 0) is 12.6 Å². The summed E-state index contributed by atoms with van der Waals surface area (Å²) in [7, 11) is 0. The highest BCUT2D eigenvalue weighted by Crippen LogP contribution is 2.35. The van der Waals surface area contributed by atoms with Gasteiger partial charge in [-0.2, -0.15) is 13.2 Å². The Kier molecular flexibility index (Phi) is 2.22. The zero-order valence-corrected chi connectivity index (χ0v) is 8.01. The van der Waals surface area contributed by atoms with E-state index < -0.39 is 11.7 Å². The minimum absolute atomic E-state index is 0.216. The molecule has 5 heteroatoms. The number of halogens is 3. The van der Waals surface area contributed by atoms with Gasteiger partial charge in [0.25, 0.3) is 0 Å². The molecule has 82 valence electrons. The molecule has 0 atom stereocenters. The lowest BCUT2D eigenvalue weighted by molar-refractivity contribution is -0.137. The van der Waals surface area contributed by atoms with Crippen LogP contribution in [0.4, 0.5) is 13.2 Å². The molecule has 1 saturated carbocycles. The lowest BCUT2D eigenvalue weighted by Gasteiger charge is -2.09. The van der Waals surface area contributed by atoms with Crippen molar-refractivity contribution in [2.45, 2.75) is 31.0 Å². The maximum Gasteiger partial charge on any atom is 0.417 e. The lowest BCUT2D eigenvalue weighted by Crippen LogP contribution is -2.25. The molecule has 1 fully saturated rings. The molecule has 0 amide bonds. The van der Waals surface area contributed by atoms with E-state index in [1.54, 1.807) is 0 Å². The van der Waals surface area contributed by atoms with Crippen molar-refractivity contribution in [2.24, 2.45) is 5.73 Å². The summed E-state index contributed by atoms with van der Waals surface area (Å²) in [6.45, 7) is 0. The number of nitrogens with zero attached hydrogens (tertiary/aromatic N) is 1. The summed E-state index contributed by atoms with van der Waals surface area (Å²) >= 11 is 0. The van der Waals surface area contributed by atoms with Crippen LogP contribution in [0.25, 0.3) is 0 Å². The number of hydrogen-bond acceptors (Lipinski definition) is 2. The second-order valence-corrected chi connectivity index (χ2v) is 4.08. The third-order valence-corrected chi connectivity index (χ3v) is 2.58. The highest BCUT2D eigenvalue weighted by atomic mass is 19.4. The molecule has 1 heterocycles. The topological polar surface area (TPSA) is 38.9 Å². The van der Waals surface area contributed by atoms with Crippen molar-refractivity contribution in [1.82, 2.24) is 4.98 Å². The zero-order chi connectivity index (χ0) is 11.1. The monoisotopic (exact) mass is 216 g/mol. The van der Waals surface area contributed by atoms with E-state index >= 15 is 0 Å². The molecule has 0 aliphatic heterocycles. The molecule has 2 nitrogen and oxygen atoms in total. The van der Waals surface area contributed by atoms with Gasteiger partial charge in [-0.25, -0.2) is 0 Å². The number of pyridine rings is 1. The molecule has 15 heavy (non-hydrogen) atoms. The van der Waals surface area contributed by atoms with Crippen LogP contribution in [-0.4, -0.2) is 10.5 Å². The predicted octanol–water partition coefficient (Wildman–Crippen LogP) is 2.13. The van der Waals surface area contributed by atoms with E-state index in [9.17, 15) is 13.2 Å². The Hall–Kier alpha value is -1.10. The van der Waals surface area contributed by atoms with Crippen LogP contribution in [0.5, 0.6) is 0 Å². The second kappa shape index (κ2) is 3.20. The first kappa shape index (κ1) is 10.4. The van der Waals surface area contributed by atoms with Gasteiger partial charge >= 0.3 is 6.18 Å². The standard InChI is InChI=1S/C10H11F3N2/c11-10(12,13)7-1-2-8(15-6-7)5-9(14)3-4-9/h1-2,6H,3-5,14H2. The van der Waals surface area contributed by atoms with E-state index in [1.165, 1.54) is 6.07 Å². The van der Waals surface area contributed by atoms with E-state index in [-0.39, 0.29) is 5.54 Å². The highest BCUT2D eigenvalue weighted by Gasteiger charge is 2.38. The Labute approximate surface area is 85.3 Å². The fraction of sp³-hybridized carbons (Fsp3) is 0.500. The average molecular weight is 216 g/mol. The van der Waals surface area contributed by atoms with E-state index in [0.717, 1.165) is 25.1 Å². The number of rotatable bonds is 2. The van der Waals surface area contributed by atoms with Gasteiger partial charge in [-0.3, -0.25) is 4.98 Å². The summed E-state index contributed by atoms with van der Waals surface area (Å²) in [4.78, 5) is 3.77. The molecule has 0 radical (unpaired) electrons. The molecule has 1 aromatic heterocycles. The Balaban J connectivity index is 2.10. The maximum absolute atomic E-state index is 12.2. The number of hydrogen-bond donors (Lipinski definition) is 1. The van der Waals surface area contributed by atoms with Gasteiger partial charge in [0.1, 0.15) is 0 Å². The first-order chi connectivity index (χ1) is 6.89. The van der Waals surface area contributed by atoms with Gasteiger partial charge in [0, 0.05) is 23.9 Å². The van der Waals surface area contributed by atoms with Crippen molar-refractivity contribution in [3.05, 3.63) is 29.6 Å². The van der Waals surface area contributed by atoms with Crippen molar-refractivity contribution in [3.63, 3.8) is 0 Å². The smallest absolute Gasteiger partial charge is 0.325 e. The van der Waals surface area contributed by atoms with Crippen LogP contribution in [0.2, 0.25) is 0 Å². The summed E-state index contributed by atoms with van der Waals surface area (Å²) in [6, 6.07) is 2.45. The van der Waals surface area contributed by atoms with Crippen molar-refractivity contribution >= 4 is 0 Å². The second-order valence-electron chi connectivity index (χ2n) is 4.08. The summed E-state index contributed by atoms with van der Waals surface area (Å²) in [5, 5.41) is 0. The van der Waals surface area contributed by atoms with Gasteiger partial charge in [-0.05, 0) is 25.0 Å². The first-order valence-electron chi connectivity index (χ1n) is 4.70. The SMILES string of the molecule is NC1(Cc2ccc(C(F)(F)F)cn2)CC1. The summed E-state index contributed by atoms with van der Waals surface area (Å²) < 4.78 is 36.6. The largest absolute Gasteiger partial charge is 0.417 e. The van der Waals surface area contributed by atoms with Crippen molar-refractivity contribution < 1.29 is 13.2 Å². The Morgan fingerprint density at radius 1 is 1.33 bits per heavy atom. The van der Waals surface area contributed by atoms with Gasteiger partial charge in [0.15, 0.2) is 0 Å². The lowest BCUT2D eigenvalue weighted by atomic mass is 10.1. The van der Waals surface area contributed by atoms with Gasteiger partial charge in [0.05, 0.1) is 5.56 Å². The fourth-order valence-electron chi connectivity index (χ4n) is 1.39. The molecule has 0 saturated heterocycles. The van der Waals surface area contributed by atoms with Crippen LogP contribution >= 0.6 is 0 Å². The highest BCUT2D eigenvalue weighted by molar-refractivity contribution is 5.20. The average Bonchev–Trinajstić information content (AvgIpc) is 2.82. The summed E-state index contributed by atoms with van der Waals surface area (Å²) in [6.07, 6.45) is -1.04. The molecule has 1 aliphatic rings. The molecule has 0 spiro atoms. The molecule has 0 bridgehead atoms. The molecular formula is C10H11F3N2. The predicted molar refractivity (Wildman–Crippen MR) is 49.1 cm³/mol. The minimum Gasteiger partial charge on any atom is -0.325 e. The molecule has 2 rings (SSSR count). The van der Waals surface area contributed by atoms with E-state index in [0.29, 0.717) is 12.1 Å². The van der Waals surface area contributed by atoms with E-state index in [4.69, 9.17) is 5.73 Å². The van der Waals surface area contributed by atoms with Gasteiger partial charge in [-0.15, -0.1) is 0 Å². The molecule has 1 aromatic rings. The summed E-state index contributed by atoms with van der Waals surface area (Å²) in [5.74, 6) is 0. The third kappa shape index (κ3) is 2.47. The van der Waals surface area contributed by atoms with Gasteiger partial charge < -0.3 is 5.73 Å². The molecule has 2 N–H and O–H groups in total. The van der Waals surface area contributed by atoms with Crippen LogP contribution in [0.3, 0.4) is 0 Å². The van der Waals surface area contributed by atoms with Gasteiger partial charge in [0.2, 0.25) is 0 Å². The normalized spacial score (nSPS) is 18.9. The van der Waals surface area contributed by atoms with Crippen LogP contribution < -0.4 is 5.73 Å². The minimum atomic E-state index is -4.31. The Morgan fingerprint density at radius 3 is 2.40 bits per heavy atom. The van der Waals surface area contributed by atoms with E-state index in [1.807, 2.05) is 0 Å². The molecular weight excluding hydrogens is 205 g/mol. The van der Waals surface area contributed by atoms with Crippen LogP contribution in [0, 0.1) is 0 Å². The zero-order valence-electron chi connectivity index (χ0n) is 8.01. The van der Waals surface area contributed by atoms with Crippen molar-refractivity contribution in [1.29, 1.82) is 0 Å².